The highest BCUT2D eigenvalue weighted by molar-refractivity contribution is 5.75. The van der Waals surface area contributed by atoms with E-state index in [1.165, 1.54) is 0 Å². The summed E-state index contributed by atoms with van der Waals surface area (Å²) in [6, 6.07) is 0.418. The first kappa shape index (κ1) is 10.9. The maximum atomic E-state index is 11.4. The molecule has 0 spiro atoms. The Morgan fingerprint density at radius 1 is 1.56 bits per heavy atom. The second kappa shape index (κ2) is 4.92. The average Bonchev–Trinajstić information content (AvgIpc) is 3.11. The molecular weight excluding hydrogens is 206 g/mol. The number of carbonyl (C=O) groups excluding carboxylic acids is 1. The van der Waals surface area contributed by atoms with Gasteiger partial charge in [-0.05, 0) is 19.8 Å². The molecule has 5 nitrogen and oxygen atoms in total. The fourth-order valence-electron chi connectivity index (χ4n) is 1.57. The molecule has 0 amide bonds. The van der Waals surface area contributed by atoms with Crippen molar-refractivity contribution in [3.8, 4) is 0 Å². The summed E-state index contributed by atoms with van der Waals surface area (Å²) in [7, 11) is 0. The largest absolute Gasteiger partial charge is 0.465 e. The van der Waals surface area contributed by atoms with E-state index >= 15 is 0 Å². The lowest BCUT2D eigenvalue weighted by molar-refractivity contribution is -0.141. The zero-order valence-corrected chi connectivity index (χ0v) is 9.30. The number of anilines is 1. The molecule has 0 radical (unpaired) electrons. The van der Waals surface area contributed by atoms with Crippen LogP contribution in [0.5, 0.6) is 0 Å². The molecule has 1 aliphatic carbocycles. The summed E-state index contributed by atoms with van der Waals surface area (Å²) in [6.45, 7) is 2.48. The first-order valence-corrected chi connectivity index (χ1v) is 5.49. The SMILES string of the molecule is CCOC(=O)CN(c1cnccn1)C1CC1. The number of hydrogen-bond donors (Lipinski definition) is 0. The van der Waals surface area contributed by atoms with Gasteiger partial charge in [-0.3, -0.25) is 9.78 Å². The third-order valence-corrected chi connectivity index (χ3v) is 2.44. The van der Waals surface area contributed by atoms with E-state index in [1.807, 2.05) is 11.8 Å². The maximum absolute atomic E-state index is 11.4. The van der Waals surface area contributed by atoms with E-state index in [9.17, 15) is 4.79 Å². The minimum absolute atomic E-state index is 0.208. The Kier molecular flexibility index (Phi) is 3.34. The van der Waals surface area contributed by atoms with Gasteiger partial charge < -0.3 is 9.64 Å². The molecule has 0 atom stereocenters. The lowest BCUT2D eigenvalue weighted by atomic mass is 10.4. The molecule has 1 saturated carbocycles. The number of nitrogens with zero attached hydrogens (tertiary/aromatic N) is 3. The van der Waals surface area contributed by atoms with Gasteiger partial charge in [-0.15, -0.1) is 0 Å². The summed E-state index contributed by atoms with van der Waals surface area (Å²) >= 11 is 0. The van der Waals surface area contributed by atoms with E-state index in [2.05, 4.69) is 9.97 Å². The first-order valence-electron chi connectivity index (χ1n) is 5.49. The van der Waals surface area contributed by atoms with Crippen molar-refractivity contribution in [1.29, 1.82) is 0 Å². The van der Waals surface area contributed by atoms with Crippen molar-refractivity contribution in [2.75, 3.05) is 18.1 Å². The van der Waals surface area contributed by atoms with Gasteiger partial charge in [-0.25, -0.2) is 4.98 Å². The summed E-state index contributed by atoms with van der Waals surface area (Å²) in [5, 5.41) is 0. The van der Waals surface area contributed by atoms with Gasteiger partial charge in [0.2, 0.25) is 0 Å². The summed E-state index contributed by atoms with van der Waals surface area (Å²) in [6.07, 6.45) is 7.15. The molecule has 2 rings (SSSR count). The molecule has 0 N–H and O–H groups in total. The van der Waals surface area contributed by atoms with Crippen molar-refractivity contribution in [2.45, 2.75) is 25.8 Å². The molecule has 0 bridgehead atoms. The van der Waals surface area contributed by atoms with Gasteiger partial charge in [0.25, 0.3) is 0 Å². The molecule has 0 saturated heterocycles. The predicted molar refractivity (Wildman–Crippen MR) is 59.0 cm³/mol. The Balaban J connectivity index is 2.03. The number of esters is 1. The van der Waals surface area contributed by atoms with Gasteiger partial charge in [0.05, 0.1) is 12.8 Å². The van der Waals surface area contributed by atoms with E-state index in [0.717, 1.165) is 18.7 Å². The van der Waals surface area contributed by atoms with Crippen LogP contribution in [0.25, 0.3) is 0 Å². The van der Waals surface area contributed by atoms with E-state index in [4.69, 9.17) is 4.74 Å². The molecule has 1 fully saturated rings. The van der Waals surface area contributed by atoms with Gasteiger partial charge in [-0.1, -0.05) is 0 Å². The second-order valence-corrected chi connectivity index (χ2v) is 3.73. The van der Waals surface area contributed by atoms with E-state index in [1.54, 1.807) is 18.6 Å². The molecule has 5 heteroatoms. The van der Waals surface area contributed by atoms with Gasteiger partial charge in [0.15, 0.2) is 0 Å². The highest BCUT2D eigenvalue weighted by Gasteiger charge is 2.31. The van der Waals surface area contributed by atoms with Crippen LogP contribution in [0.15, 0.2) is 18.6 Å². The van der Waals surface area contributed by atoms with Crippen LogP contribution >= 0.6 is 0 Å². The fraction of sp³-hybridized carbons (Fsp3) is 0.545. The van der Waals surface area contributed by atoms with Crippen LogP contribution < -0.4 is 4.90 Å². The van der Waals surface area contributed by atoms with Crippen LogP contribution in [0.3, 0.4) is 0 Å². The average molecular weight is 221 g/mol. The normalized spacial score (nSPS) is 14.6. The van der Waals surface area contributed by atoms with Crippen LogP contribution in [0, 0.1) is 0 Å². The Hall–Kier alpha value is -1.65. The minimum atomic E-state index is -0.208. The molecule has 0 unspecified atom stereocenters. The van der Waals surface area contributed by atoms with Crippen LogP contribution in [0.1, 0.15) is 19.8 Å². The summed E-state index contributed by atoms with van der Waals surface area (Å²) < 4.78 is 4.94. The third-order valence-electron chi connectivity index (χ3n) is 2.44. The number of ether oxygens (including phenoxy) is 1. The predicted octanol–water partition coefficient (Wildman–Crippen LogP) is 1.01. The van der Waals surface area contributed by atoms with Crippen LogP contribution in [0.2, 0.25) is 0 Å². The van der Waals surface area contributed by atoms with Crippen LogP contribution in [-0.2, 0) is 9.53 Å². The van der Waals surface area contributed by atoms with Crippen LogP contribution in [-0.4, -0.2) is 35.1 Å². The zero-order valence-electron chi connectivity index (χ0n) is 9.30. The van der Waals surface area contributed by atoms with E-state index in [0.29, 0.717) is 12.6 Å². The molecule has 0 aliphatic heterocycles. The topological polar surface area (TPSA) is 55.3 Å². The molecule has 86 valence electrons. The standard InChI is InChI=1S/C11H15N3O2/c1-2-16-11(15)8-14(9-3-4-9)10-7-12-5-6-13-10/h5-7,9H,2-4,8H2,1H3. The molecule has 1 aliphatic rings. The summed E-state index contributed by atoms with van der Waals surface area (Å²) in [5.41, 5.74) is 0. The molecule has 1 heterocycles. The second-order valence-electron chi connectivity index (χ2n) is 3.73. The van der Waals surface area contributed by atoms with E-state index < -0.39 is 0 Å². The first-order chi connectivity index (χ1) is 7.81. The van der Waals surface area contributed by atoms with Gasteiger partial charge in [0, 0.05) is 18.4 Å². The summed E-state index contributed by atoms with van der Waals surface area (Å²) in [4.78, 5) is 21.6. The quantitative estimate of drug-likeness (QED) is 0.694. The van der Waals surface area contributed by atoms with Crippen molar-refractivity contribution < 1.29 is 9.53 Å². The zero-order chi connectivity index (χ0) is 11.4. The minimum Gasteiger partial charge on any atom is -0.465 e. The molecule has 0 aromatic carbocycles. The van der Waals surface area contributed by atoms with E-state index in [-0.39, 0.29) is 12.5 Å². The number of aromatic nitrogens is 2. The third kappa shape index (κ3) is 2.68. The Morgan fingerprint density at radius 2 is 2.38 bits per heavy atom. The van der Waals surface area contributed by atoms with Crippen molar-refractivity contribution in [3.05, 3.63) is 18.6 Å². The lowest BCUT2D eigenvalue weighted by Gasteiger charge is -2.21. The highest BCUT2D eigenvalue weighted by Crippen LogP contribution is 2.29. The maximum Gasteiger partial charge on any atom is 0.325 e. The van der Waals surface area contributed by atoms with Gasteiger partial charge in [-0.2, -0.15) is 0 Å². The number of hydrogen-bond acceptors (Lipinski definition) is 5. The summed E-state index contributed by atoms with van der Waals surface area (Å²) in [5.74, 6) is 0.540. The number of rotatable bonds is 5. The highest BCUT2D eigenvalue weighted by atomic mass is 16.5. The molecule has 1 aromatic heterocycles. The van der Waals surface area contributed by atoms with Gasteiger partial charge >= 0.3 is 5.97 Å². The van der Waals surface area contributed by atoms with Crippen molar-refractivity contribution in [1.82, 2.24) is 9.97 Å². The Bertz CT molecular complexity index is 352. The van der Waals surface area contributed by atoms with Crippen molar-refractivity contribution >= 4 is 11.8 Å². The van der Waals surface area contributed by atoms with Gasteiger partial charge in [0.1, 0.15) is 12.4 Å². The number of carbonyl (C=O) groups is 1. The fourth-order valence-corrected chi connectivity index (χ4v) is 1.57. The Labute approximate surface area is 94.5 Å². The Morgan fingerprint density at radius 3 is 2.94 bits per heavy atom. The van der Waals surface area contributed by atoms with Crippen LogP contribution in [0.4, 0.5) is 5.82 Å². The smallest absolute Gasteiger partial charge is 0.325 e. The lowest BCUT2D eigenvalue weighted by Crippen LogP contribution is -2.33. The van der Waals surface area contributed by atoms with Crippen molar-refractivity contribution in [2.24, 2.45) is 0 Å². The van der Waals surface area contributed by atoms with Crippen molar-refractivity contribution in [3.63, 3.8) is 0 Å². The molecule has 16 heavy (non-hydrogen) atoms. The molecular formula is C11H15N3O2. The monoisotopic (exact) mass is 221 g/mol. The molecule has 1 aromatic rings.